The maximum Gasteiger partial charge on any atom is 0.279 e. The number of nitrogens with one attached hydrogen (secondary N) is 2. The van der Waals surface area contributed by atoms with Crippen molar-refractivity contribution in [2.75, 3.05) is 32.5 Å². The average molecular weight is 368 g/mol. The summed E-state index contributed by atoms with van der Waals surface area (Å²) in [5.41, 5.74) is 0.394. The van der Waals surface area contributed by atoms with Gasteiger partial charge in [0.2, 0.25) is 10.0 Å². The predicted octanol–water partition coefficient (Wildman–Crippen LogP) is -1.69. The predicted molar refractivity (Wildman–Crippen MR) is 92.4 cm³/mol. The van der Waals surface area contributed by atoms with Crippen LogP contribution in [0.25, 0.3) is 0 Å². The first-order valence-corrected chi connectivity index (χ1v) is 9.40. The number of furan rings is 1. The lowest BCUT2D eigenvalue weighted by molar-refractivity contribution is -0.909. The number of hydrogen-bond donors (Lipinski definition) is 4. The average Bonchev–Trinajstić information content (AvgIpc) is 3.04. The summed E-state index contributed by atoms with van der Waals surface area (Å²) in [4.78, 5) is 13.2. The lowest BCUT2D eigenvalue weighted by Gasteiger charge is -2.17. The number of likely N-dealkylation sites (N-methyl/N-ethyl adjacent to an activating group) is 1. The lowest BCUT2D eigenvalue weighted by atomic mass is 10.2. The van der Waals surface area contributed by atoms with Gasteiger partial charge in [0.1, 0.15) is 6.54 Å². The molecule has 0 radical (unpaired) electrons. The van der Waals surface area contributed by atoms with Crippen LogP contribution in [0.15, 0.2) is 52.0 Å². The van der Waals surface area contributed by atoms with Gasteiger partial charge < -0.3 is 20.0 Å². The Morgan fingerprint density at radius 2 is 2.08 bits per heavy atom. The first kappa shape index (κ1) is 19.1. The molecule has 136 valence electrons. The Morgan fingerprint density at radius 3 is 2.68 bits per heavy atom. The summed E-state index contributed by atoms with van der Waals surface area (Å²) >= 11 is 0. The molecule has 0 spiro atoms. The van der Waals surface area contributed by atoms with Gasteiger partial charge in [0, 0.05) is 5.69 Å². The molecule has 0 aliphatic rings. The Labute approximate surface area is 147 Å². The van der Waals surface area contributed by atoms with Crippen LogP contribution in [0.5, 0.6) is 0 Å². The Hall–Kier alpha value is -2.20. The normalized spacial score (nSPS) is 13.0. The standard InChI is InChI=1S/C16H22N4O4S/c1-20(2)14(15-7-4-8-24-15)10-18-11-16(21)19-12-5-3-6-13(9-12)25(17,22)23/h3-9,14,18H,10-11H2,1-2H3,(H,19,21)(H2,17,22,23)/p+2/t14-/m1/s1. The van der Waals surface area contributed by atoms with Crippen LogP contribution in [0.2, 0.25) is 0 Å². The van der Waals surface area contributed by atoms with E-state index in [1.54, 1.807) is 12.3 Å². The van der Waals surface area contributed by atoms with Gasteiger partial charge in [-0.15, -0.1) is 0 Å². The fourth-order valence-corrected chi connectivity index (χ4v) is 3.03. The van der Waals surface area contributed by atoms with E-state index in [0.717, 1.165) is 5.76 Å². The highest BCUT2D eigenvalue weighted by Gasteiger charge is 2.23. The summed E-state index contributed by atoms with van der Waals surface area (Å²) in [6.45, 7) is 0.893. The third-order valence-electron chi connectivity index (χ3n) is 3.76. The maximum atomic E-state index is 12.1. The molecule has 25 heavy (non-hydrogen) atoms. The minimum Gasteiger partial charge on any atom is -0.463 e. The van der Waals surface area contributed by atoms with Gasteiger partial charge in [-0.1, -0.05) is 6.07 Å². The first-order chi connectivity index (χ1) is 11.8. The molecule has 0 unspecified atom stereocenters. The van der Waals surface area contributed by atoms with Gasteiger partial charge in [-0.3, -0.25) is 4.79 Å². The quantitative estimate of drug-likeness (QED) is 0.444. The number of anilines is 1. The topological polar surface area (TPSA) is 123 Å². The second kappa shape index (κ2) is 8.26. The Bertz CT molecular complexity index is 803. The number of nitrogens with two attached hydrogens (primary N) is 2. The molecule has 2 aromatic rings. The van der Waals surface area contributed by atoms with Crippen molar-refractivity contribution >= 4 is 21.6 Å². The summed E-state index contributed by atoms with van der Waals surface area (Å²) in [7, 11) is 0.259. The van der Waals surface area contributed by atoms with E-state index in [9.17, 15) is 13.2 Å². The molecule has 0 saturated carbocycles. The van der Waals surface area contributed by atoms with Crippen LogP contribution >= 0.6 is 0 Å². The van der Waals surface area contributed by atoms with Gasteiger partial charge in [0.15, 0.2) is 18.3 Å². The number of carbonyl (C=O) groups excluding carboxylic acids is 1. The lowest BCUT2D eigenvalue weighted by Crippen LogP contribution is -3.09. The molecule has 6 N–H and O–H groups in total. The first-order valence-electron chi connectivity index (χ1n) is 7.85. The minimum absolute atomic E-state index is 0.0385. The SMILES string of the molecule is C[NH+](C)[C@H](C[NH2+]CC(=O)Nc1cccc(S(N)(=O)=O)c1)c1ccco1. The molecular weight excluding hydrogens is 344 g/mol. The molecule has 0 fully saturated rings. The molecule has 1 heterocycles. The molecule has 1 aromatic heterocycles. The molecule has 9 heteroatoms. The highest BCUT2D eigenvalue weighted by Crippen LogP contribution is 2.13. The van der Waals surface area contributed by atoms with E-state index in [-0.39, 0.29) is 23.4 Å². The highest BCUT2D eigenvalue weighted by molar-refractivity contribution is 7.89. The summed E-state index contributed by atoms with van der Waals surface area (Å²) < 4.78 is 28.1. The van der Waals surface area contributed by atoms with E-state index >= 15 is 0 Å². The number of sulfonamides is 1. The Morgan fingerprint density at radius 1 is 1.32 bits per heavy atom. The number of benzene rings is 1. The van der Waals surface area contributed by atoms with Crippen molar-refractivity contribution < 1.29 is 27.8 Å². The van der Waals surface area contributed by atoms with Crippen LogP contribution in [0.3, 0.4) is 0 Å². The molecule has 0 aliphatic heterocycles. The van der Waals surface area contributed by atoms with Crippen molar-refractivity contribution in [2.24, 2.45) is 5.14 Å². The Balaban J connectivity index is 1.89. The summed E-state index contributed by atoms with van der Waals surface area (Å²) in [6.07, 6.45) is 1.64. The molecule has 0 aliphatic carbocycles. The van der Waals surface area contributed by atoms with Gasteiger partial charge in [0.25, 0.3) is 5.91 Å². The summed E-state index contributed by atoms with van der Waals surface area (Å²) in [5.74, 6) is 0.649. The zero-order valence-corrected chi connectivity index (χ0v) is 15.0. The molecule has 1 aromatic carbocycles. The van der Waals surface area contributed by atoms with Crippen LogP contribution in [0.4, 0.5) is 5.69 Å². The number of carbonyl (C=O) groups is 1. The highest BCUT2D eigenvalue weighted by atomic mass is 32.2. The zero-order valence-electron chi connectivity index (χ0n) is 14.2. The van der Waals surface area contributed by atoms with Crippen molar-refractivity contribution in [2.45, 2.75) is 10.9 Å². The molecule has 8 nitrogen and oxygen atoms in total. The monoisotopic (exact) mass is 368 g/mol. The molecule has 1 amide bonds. The van der Waals surface area contributed by atoms with Gasteiger partial charge in [-0.05, 0) is 30.3 Å². The summed E-state index contributed by atoms with van der Waals surface area (Å²) in [5, 5.41) is 9.65. The van der Waals surface area contributed by atoms with Crippen molar-refractivity contribution in [3.63, 3.8) is 0 Å². The third kappa shape index (κ3) is 5.68. The van der Waals surface area contributed by atoms with Crippen molar-refractivity contribution in [3.8, 4) is 0 Å². The van der Waals surface area contributed by atoms with Gasteiger partial charge in [0.05, 0.1) is 25.3 Å². The third-order valence-corrected chi connectivity index (χ3v) is 4.67. The molecule has 0 bridgehead atoms. The molecule has 1 atom stereocenters. The van der Waals surface area contributed by atoms with E-state index in [1.807, 2.05) is 31.5 Å². The minimum atomic E-state index is -3.80. The van der Waals surface area contributed by atoms with E-state index < -0.39 is 10.0 Å². The number of amides is 1. The zero-order chi connectivity index (χ0) is 18.4. The van der Waals surface area contributed by atoms with Crippen molar-refractivity contribution in [3.05, 3.63) is 48.4 Å². The fraction of sp³-hybridized carbons (Fsp3) is 0.312. The van der Waals surface area contributed by atoms with Crippen molar-refractivity contribution in [1.29, 1.82) is 0 Å². The van der Waals surface area contributed by atoms with E-state index in [0.29, 0.717) is 12.2 Å². The van der Waals surface area contributed by atoms with Crippen LogP contribution in [0, 0.1) is 0 Å². The largest absolute Gasteiger partial charge is 0.463 e. The number of hydrogen-bond acceptors (Lipinski definition) is 4. The van der Waals surface area contributed by atoms with Gasteiger partial charge >= 0.3 is 0 Å². The smallest absolute Gasteiger partial charge is 0.279 e. The van der Waals surface area contributed by atoms with Crippen LogP contribution < -0.4 is 20.7 Å². The van der Waals surface area contributed by atoms with Gasteiger partial charge in [-0.2, -0.15) is 0 Å². The molecule has 2 rings (SSSR count). The van der Waals surface area contributed by atoms with Crippen LogP contribution in [-0.2, 0) is 14.8 Å². The van der Waals surface area contributed by atoms with E-state index in [4.69, 9.17) is 9.56 Å². The van der Waals surface area contributed by atoms with Crippen molar-refractivity contribution in [1.82, 2.24) is 0 Å². The molecule has 0 saturated heterocycles. The summed E-state index contributed by atoms with van der Waals surface area (Å²) in [6, 6.07) is 9.76. The fourth-order valence-electron chi connectivity index (χ4n) is 2.47. The second-order valence-corrected chi connectivity index (χ2v) is 7.56. The molecular formula is C16H24N4O4S+2. The van der Waals surface area contributed by atoms with E-state index in [2.05, 4.69) is 5.32 Å². The second-order valence-electron chi connectivity index (χ2n) is 5.99. The number of rotatable bonds is 8. The van der Waals surface area contributed by atoms with Crippen LogP contribution in [0.1, 0.15) is 11.8 Å². The van der Waals surface area contributed by atoms with Crippen LogP contribution in [-0.4, -0.2) is 41.5 Å². The van der Waals surface area contributed by atoms with E-state index in [1.165, 1.54) is 23.1 Å². The van der Waals surface area contributed by atoms with Gasteiger partial charge in [-0.25, -0.2) is 13.6 Å². The Kier molecular flexibility index (Phi) is 6.32. The number of quaternary nitrogens is 2. The number of primary sulfonamides is 1. The maximum absolute atomic E-state index is 12.1.